The monoisotopic (exact) mass is 456 g/mol. The molecule has 0 saturated carbocycles. The molecule has 0 bridgehead atoms. The molecule has 0 spiro atoms. The van der Waals surface area contributed by atoms with E-state index in [9.17, 15) is 19.5 Å². The van der Waals surface area contributed by atoms with Gasteiger partial charge in [-0.2, -0.15) is 0 Å². The zero-order chi connectivity index (χ0) is 24.0. The molecule has 172 valence electrons. The van der Waals surface area contributed by atoms with E-state index in [1.54, 1.807) is 21.9 Å². The standard InChI is InChI=1S/C26H24N4O4/c1-2-25(33)28-13-19(14-28)29-12-18-8-7-17(10-23(18)30(26(29)34)15-24(27)32)22-11-20(31)9-16-5-3-4-6-21(16)22/h2-11,19,31H,1,12-15H2,(H2,27,32). The maximum absolute atomic E-state index is 13.4. The molecule has 3 aromatic carbocycles. The van der Waals surface area contributed by atoms with Gasteiger partial charge in [0.2, 0.25) is 11.8 Å². The third-order valence-electron chi connectivity index (χ3n) is 6.45. The van der Waals surface area contributed by atoms with E-state index in [4.69, 9.17) is 5.73 Å². The van der Waals surface area contributed by atoms with Crippen molar-refractivity contribution in [2.45, 2.75) is 12.6 Å². The molecular weight excluding hydrogens is 432 g/mol. The lowest BCUT2D eigenvalue weighted by molar-refractivity contribution is -0.132. The van der Waals surface area contributed by atoms with Crippen LogP contribution in [0.25, 0.3) is 21.9 Å². The molecule has 1 fully saturated rings. The quantitative estimate of drug-likeness (QED) is 0.576. The Labute approximate surface area is 196 Å². The van der Waals surface area contributed by atoms with Crippen molar-refractivity contribution in [2.75, 3.05) is 24.5 Å². The van der Waals surface area contributed by atoms with Gasteiger partial charge in [0.25, 0.3) is 0 Å². The number of phenolic OH excluding ortho intramolecular Hbond substituents is 1. The summed E-state index contributed by atoms with van der Waals surface area (Å²) in [5.41, 5.74) is 8.61. The van der Waals surface area contributed by atoms with Crippen LogP contribution in [0.4, 0.5) is 10.5 Å². The molecule has 2 aliphatic heterocycles. The minimum Gasteiger partial charge on any atom is -0.508 e. The molecular formula is C26H24N4O4. The highest BCUT2D eigenvalue weighted by molar-refractivity contribution is 6.02. The molecule has 0 aromatic heterocycles. The van der Waals surface area contributed by atoms with Crippen molar-refractivity contribution in [3.8, 4) is 16.9 Å². The molecule has 3 N–H and O–H groups in total. The first kappa shape index (κ1) is 21.5. The van der Waals surface area contributed by atoms with Crippen LogP contribution in [0.5, 0.6) is 5.75 Å². The summed E-state index contributed by atoms with van der Waals surface area (Å²) in [7, 11) is 0. The Bertz CT molecular complexity index is 1350. The Balaban J connectivity index is 1.53. The maximum Gasteiger partial charge on any atom is 0.325 e. The number of amides is 4. The van der Waals surface area contributed by atoms with Gasteiger partial charge in [-0.3, -0.25) is 14.5 Å². The Kier molecular flexibility index (Phi) is 5.20. The molecule has 0 radical (unpaired) electrons. The Morgan fingerprint density at radius 1 is 1.12 bits per heavy atom. The van der Waals surface area contributed by atoms with Crippen LogP contribution in [0.1, 0.15) is 5.56 Å². The Morgan fingerprint density at radius 3 is 2.62 bits per heavy atom. The highest BCUT2D eigenvalue weighted by atomic mass is 16.3. The predicted octanol–water partition coefficient (Wildman–Crippen LogP) is 2.84. The molecule has 34 heavy (non-hydrogen) atoms. The van der Waals surface area contributed by atoms with Crippen molar-refractivity contribution in [1.82, 2.24) is 9.80 Å². The van der Waals surface area contributed by atoms with Gasteiger partial charge >= 0.3 is 6.03 Å². The van der Waals surface area contributed by atoms with Crippen molar-refractivity contribution < 1.29 is 19.5 Å². The first-order valence-corrected chi connectivity index (χ1v) is 11.0. The largest absolute Gasteiger partial charge is 0.508 e. The highest BCUT2D eigenvalue weighted by Crippen LogP contribution is 2.38. The van der Waals surface area contributed by atoms with Crippen LogP contribution in [0.15, 0.2) is 67.3 Å². The van der Waals surface area contributed by atoms with Crippen LogP contribution in [-0.2, 0) is 16.1 Å². The second-order valence-corrected chi connectivity index (χ2v) is 8.62. The van der Waals surface area contributed by atoms with Gasteiger partial charge in [-0.25, -0.2) is 4.79 Å². The zero-order valence-electron chi connectivity index (χ0n) is 18.5. The maximum atomic E-state index is 13.4. The van der Waals surface area contributed by atoms with E-state index in [2.05, 4.69) is 6.58 Å². The van der Waals surface area contributed by atoms with Gasteiger partial charge in [-0.15, -0.1) is 0 Å². The normalized spacial score (nSPS) is 15.8. The molecule has 2 heterocycles. The first-order chi connectivity index (χ1) is 16.4. The van der Waals surface area contributed by atoms with Crippen LogP contribution >= 0.6 is 0 Å². The molecule has 8 nitrogen and oxygen atoms in total. The summed E-state index contributed by atoms with van der Waals surface area (Å²) < 4.78 is 0. The average Bonchev–Trinajstić information content (AvgIpc) is 2.79. The lowest BCUT2D eigenvalue weighted by atomic mass is 9.94. The highest BCUT2D eigenvalue weighted by Gasteiger charge is 2.41. The molecule has 0 atom stereocenters. The van der Waals surface area contributed by atoms with Gasteiger partial charge < -0.3 is 20.6 Å². The van der Waals surface area contributed by atoms with Crippen molar-refractivity contribution >= 4 is 34.3 Å². The van der Waals surface area contributed by atoms with Gasteiger partial charge in [0.1, 0.15) is 12.3 Å². The molecule has 1 saturated heterocycles. The van der Waals surface area contributed by atoms with Crippen LogP contribution in [0.3, 0.4) is 0 Å². The molecule has 2 aliphatic rings. The van der Waals surface area contributed by atoms with Crippen LogP contribution in [0, 0.1) is 0 Å². The number of phenols is 1. The van der Waals surface area contributed by atoms with E-state index in [0.29, 0.717) is 25.3 Å². The Morgan fingerprint density at radius 2 is 1.88 bits per heavy atom. The lowest BCUT2D eigenvalue weighted by Gasteiger charge is -2.48. The number of aromatic hydroxyl groups is 1. The summed E-state index contributed by atoms with van der Waals surface area (Å²) in [6.07, 6.45) is 1.26. The summed E-state index contributed by atoms with van der Waals surface area (Å²) in [4.78, 5) is 41.8. The number of anilines is 1. The smallest absolute Gasteiger partial charge is 0.325 e. The number of carbonyl (C=O) groups is 3. The van der Waals surface area contributed by atoms with Gasteiger partial charge in [0.05, 0.1) is 11.7 Å². The molecule has 3 aromatic rings. The Hall–Kier alpha value is -4.33. The summed E-state index contributed by atoms with van der Waals surface area (Å²) >= 11 is 0. The number of primary amides is 1. The van der Waals surface area contributed by atoms with E-state index in [1.807, 2.05) is 42.5 Å². The molecule has 0 unspecified atom stereocenters. The summed E-state index contributed by atoms with van der Waals surface area (Å²) in [6, 6.07) is 16.4. The number of fused-ring (bicyclic) bond motifs is 2. The van der Waals surface area contributed by atoms with Crippen LogP contribution in [0.2, 0.25) is 0 Å². The number of likely N-dealkylation sites (tertiary alicyclic amines) is 1. The van der Waals surface area contributed by atoms with E-state index >= 15 is 0 Å². The topological polar surface area (TPSA) is 107 Å². The number of hydrogen-bond acceptors (Lipinski definition) is 4. The predicted molar refractivity (Wildman–Crippen MR) is 129 cm³/mol. The minimum atomic E-state index is -0.619. The summed E-state index contributed by atoms with van der Waals surface area (Å²) in [6.45, 7) is 4.45. The number of nitrogens with zero attached hydrogens (tertiary/aromatic N) is 3. The molecule has 4 amide bonds. The first-order valence-electron chi connectivity index (χ1n) is 11.0. The number of urea groups is 1. The van der Waals surface area contributed by atoms with Crippen molar-refractivity contribution in [2.24, 2.45) is 5.73 Å². The van der Waals surface area contributed by atoms with Crippen molar-refractivity contribution in [1.29, 1.82) is 0 Å². The summed E-state index contributed by atoms with van der Waals surface area (Å²) in [5, 5.41) is 12.1. The zero-order valence-corrected chi connectivity index (χ0v) is 18.5. The number of rotatable bonds is 5. The van der Waals surface area contributed by atoms with Gasteiger partial charge in [0, 0.05) is 19.6 Å². The number of nitrogens with two attached hydrogens (primary N) is 1. The van der Waals surface area contributed by atoms with Gasteiger partial charge in [-0.1, -0.05) is 43.0 Å². The fourth-order valence-electron chi connectivity index (χ4n) is 4.71. The van der Waals surface area contributed by atoms with Crippen molar-refractivity contribution in [3.05, 3.63) is 72.8 Å². The second-order valence-electron chi connectivity index (χ2n) is 8.62. The number of benzene rings is 3. The van der Waals surface area contributed by atoms with Gasteiger partial charge in [-0.05, 0) is 51.7 Å². The molecule has 5 rings (SSSR count). The minimum absolute atomic E-state index is 0.144. The number of hydrogen-bond donors (Lipinski definition) is 2. The summed E-state index contributed by atoms with van der Waals surface area (Å²) in [5.74, 6) is -0.643. The average molecular weight is 457 g/mol. The third-order valence-corrected chi connectivity index (χ3v) is 6.45. The SMILES string of the molecule is C=CC(=O)N1CC(N2Cc3ccc(-c4cc(O)cc5ccccc45)cc3N(CC(N)=O)C2=O)C1. The second kappa shape index (κ2) is 8.22. The van der Waals surface area contributed by atoms with E-state index in [-0.39, 0.29) is 30.3 Å². The van der Waals surface area contributed by atoms with E-state index in [0.717, 1.165) is 27.5 Å². The lowest BCUT2D eigenvalue weighted by Crippen LogP contribution is -2.65. The van der Waals surface area contributed by atoms with Crippen LogP contribution in [-0.4, -0.2) is 58.4 Å². The van der Waals surface area contributed by atoms with E-state index in [1.165, 1.54) is 11.0 Å². The van der Waals surface area contributed by atoms with Gasteiger partial charge in [0.15, 0.2) is 0 Å². The number of carbonyl (C=O) groups excluding carboxylic acids is 3. The fourth-order valence-corrected chi connectivity index (χ4v) is 4.71. The van der Waals surface area contributed by atoms with E-state index < -0.39 is 5.91 Å². The van der Waals surface area contributed by atoms with Crippen LogP contribution < -0.4 is 10.6 Å². The fraction of sp³-hybridized carbons (Fsp3) is 0.192. The molecule has 8 heteroatoms. The van der Waals surface area contributed by atoms with Crippen molar-refractivity contribution in [3.63, 3.8) is 0 Å². The third kappa shape index (κ3) is 3.63. The molecule has 0 aliphatic carbocycles.